The second-order valence-electron chi connectivity index (χ2n) is 5.80. The van der Waals surface area contributed by atoms with Crippen LogP contribution >= 0.6 is 24.0 Å². The summed E-state index contributed by atoms with van der Waals surface area (Å²) in [6, 6.07) is 0. The summed E-state index contributed by atoms with van der Waals surface area (Å²) < 4.78 is 27.1. The smallest absolute Gasteiger partial charge is 0.191 e. The average Bonchev–Trinajstić information content (AvgIpc) is 2.38. The first-order valence-electron chi connectivity index (χ1n) is 7.61. The molecule has 1 saturated carbocycles. The molecule has 132 valence electrons. The molecule has 0 saturated heterocycles. The lowest BCUT2D eigenvalue weighted by Crippen LogP contribution is -2.46. The van der Waals surface area contributed by atoms with Crippen molar-refractivity contribution in [1.82, 2.24) is 10.6 Å². The molecular formula is C14H30IN3O3S. The molecule has 0 aliphatic heterocycles. The van der Waals surface area contributed by atoms with Crippen LogP contribution < -0.4 is 10.6 Å². The number of nitrogens with one attached hydrogen (secondary N) is 2. The summed E-state index contributed by atoms with van der Waals surface area (Å²) in [6.45, 7) is 4.52. The van der Waals surface area contributed by atoms with Crippen LogP contribution in [0.25, 0.3) is 0 Å². The van der Waals surface area contributed by atoms with Crippen molar-refractivity contribution in [1.29, 1.82) is 0 Å². The van der Waals surface area contributed by atoms with Crippen molar-refractivity contribution in [3.05, 3.63) is 0 Å². The first-order valence-corrected chi connectivity index (χ1v) is 9.67. The maximum atomic E-state index is 10.9. The highest BCUT2D eigenvalue weighted by atomic mass is 127. The molecule has 0 aromatic rings. The topological polar surface area (TPSA) is 79.8 Å². The number of nitrogens with zero attached hydrogens (tertiary/aromatic N) is 1. The second kappa shape index (κ2) is 10.6. The minimum Gasteiger partial charge on any atom is -0.379 e. The molecule has 0 spiro atoms. The molecule has 1 fully saturated rings. The minimum absolute atomic E-state index is 0. The number of halogens is 1. The Balaban J connectivity index is 0.00000441. The van der Waals surface area contributed by atoms with Crippen molar-refractivity contribution in [2.24, 2.45) is 10.4 Å². The predicted octanol–water partition coefficient (Wildman–Crippen LogP) is 1.41. The first kappa shape index (κ1) is 21.9. The van der Waals surface area contributed by atoms with Gasteiger partial charge in [0.15, 0.2) is 5.96 Å². The Labute approximate surface area is 151 Å². The number of sulfone groups is 1. The third-order valence-corrected chi connectivity index (χ3v) is 5.06. The Morgan fingerprint density at radius 3 is 2.41 bits per heavy atom. The zero-order chi connectivity index (χ0) is 15.8. The zero-order valence-corrected chi connectivity index (χ0v) is 17.0. The van der Waals surface area contributed by atoms with E-state index >= 15 is 0 Å². The summed E-state index contributed by atoms with van der Waals surface area (Å²) in [5, 5.41) is 6.54. The second-order valence-corrected chi connectivity index (χ2v) is 8.06. The van der Waals surface area contributed by atoms with Crippen LogP contribution in [0.1, 0.15) is 32.6 Å². The fourth-order valence-electron chi connectivity index (χ4n) is 2.38. The van der Waals surface area contributed by atoms with Crippen LogP contribution in [0.2, 0.25) is 0 Å². The Morgan fingerprint density at radius 1 is 1.27 bits per heavy atom. The van der Waals surface area contributed by atoms with E-state index in [0.717, 1.165) is 12.5 Å². The van der Waals surface area contributed by atoms with Crippen molar-refractivity contribution in [3.63, 3.8) is 0 Å². The highest BCUT2D eigenvalue weighted by molar-refractivity contribution is 14.0. The van der Waals surface area contributed by atoms with E-state index in [0.29, 0.717) is 18.6 Å². The molecule has 2 N–H and O–H groups in total. The van der Waals surface area contributed by atoms with Gasteiger partial charge in [0.25, 0.3) is 0 Å². The molecule has 1 rings (SSSR count). The fraction of sp³-hybridized carbons (Fsp3) is 0.929. The van der Waals surface area contributed by atoms with Gasteiger partial charge in [-0.1, -0.05) is 13.3 Å². The summed E-state index contributed by atoms with van der Waals surface area (Å²) in [6.07, 6.45) is 6.33. The van der Waals surface area contributed by atoms with Crippen molar-refractivity contribution < 1.29 is 13.2 Å². The number of rotatable bonds is 9. The lowest BCUT2D eigenvalue weighted by Gasteiger charge is -2.41. The van der Waals surface area contributed by atoms with Crippen molar-refractivity contribution in [2.75, 3.05) is 45.4 Å². The molecule has 22 heavy (non-hydrogen) atoms. The highest BCUT2D eigenvalue weighted by Crippen LogP contribution is 2.42. The van der Waals surface area contributed by atoms with E-state index in [9.17, 15) is 8.42 Å². The van der Waals surface area contributed by atoms with Crippen LogP contribution in [0.4, 0.5) is 0 Å². The maximum absolute atomic E-state index is 10.9. The molecular weight excluding hydrogens is 417 g/mol. The first-order chi connectivity index (χ1) is 9.91. The molecule has 0 radical (unpaired) electrons. The van der Waals surface area contributed by atoms with Gasteiger partial charge in [-0.05, 0) is 24.7 Å². The van der Waals surface area contributed by atoms with Crippen molar-refractivity contribution in [3.8, 4) is 0 Å². The van der Waals surface area contributed by atoms with Gasteiger partial charge in [-0.3, -0.25) is 4.99 Å². The van der Waals surface area contributed by atoms with Gasteiger partial charge in [0.05, 0.1) is 19.0 Å². The maximum Gasteiger partial charge on any atom is 0.191 e. The third kappa shape index (κ3) is 8.52. The van der Waals surface area contributed by atoms with E-state index in [1.54, 1.807) is 7.05 Å². The van der Waals surface area contributed by atoms with Gasteiger partial charge in [0, 0.05) is 26.4 Å². The van der Waals surface area contributed by atoms with Gasteiger partial charge in [0.2, 0.25) is 0 Å². The monoisotopic (exact) mass is 447 g/mol. The summed E-state index contributed by atoms with van der Waals surface area (Å²) in [5.41, 5.74) is 0.448. The molecule has 6 nitrogen and oxygen atoms in total. The predicted molar refractivity (Wildman–Crippen MR) is 102 cm³/mol. The molecule has 1 aliphatic carbocycles. The minimum atomic E-state index is -2.94. The van der Waals surface area contributed by atoms with Gasteiger partial charge in [-0.2, -0.15) is 0 Å². The number of hydrogen-bond acceptors (Lipinski definition) is 4. The van der Waals surface area contributed by atoms with Gasteiger partial charge in [-0.25, -0.2) is 8.42 Å². The number of guanidine groups is 1. The summed E-state index contributed by atoms with van der Waals surface area (Å²) in [7, 11) is -1.19. The van der Waals surface area contributed by atoms with E-state index < -0.39 is 9.84 Å². The molecule has 0 amide bonds. The van der Waals surface area contributed by atoms with Crippen molar-refractivity contribution >= 4 is 39.8 Å². The third-order valence-electron chi connectivity index (χ3n) is 4.16. The van der Waals surface area contributed by atoms with Crippen LogP contribution in [0.15, 0.2) is 4.99 Å². The molecule has 0 aromatic carbocycles. The molecule has 0 unspecified atom stereocenters. The van der Waals surface area contributed by atoms with E-state index in [1.165, 1.54) is 31.9 Å². The Kier molecular flexibility index (Phi) is 10.6. The van der Waals surface area contributed by atoms with Crippen LogP contribution in [-0.2, 0) is 14.6 Å². The number of hydrogen-bond donors (Lipinski definition) is 2. The fourth-order valence-corrected chi connectivity index (χ4v) is 2.80. The normalized spacial score (nSPS) is 17.3. The lowest BCUT2D eigenvalue weighted by molar-refractivity contribution is 0.131. The highest BCUT2D eigenvalue weighted by Gasteiger charge is 2.34. The molecule has 1 aliphatic rings. The molecule has 0 atom stereocenters. The molecule has 0 bridgehead atoms. The molecule has 0 heterocycles. The summed E-state index contributed by atoms with van der Waals surface area (Å²) in [5.74, 6) is 0.848. The van der Waals surface area contributed by atoms with Gasteiger partial charge in [-0.15, -0.1) is 24.0 Å². The van der Waals surface area contributed by atoms with E-state index in [1.807, 2.05) is 0 Å². The van der Waals surface area contributed by atoms with Gasteiger partial charge < -0.3 is 15.4 Å². The average molecular weight is 447 g/mol. The Bertz CT molecular complexity index is 431. The van der Waals surface area contributed by atoms with E-state index in [2.05, 4.69) is 22.5 Å². The largest absolute Gasteiger partial charge is 0.379 e. The number of ether oxygens (including phenoxy) is 1. The quantitative estimate of drug-likeness (QED) is 0.242. The van der Waals surface area contributed by atoms with Crippen LogP contribution in [-0.4, -0.2) is 59.7 Å². The van der Waals surface area contributed by atoms with E-state index in [-0.39, 0.29) is 36.3 Å². The van der Waals surface area contributed by atoms with E-state index in [4.69, 9.17) is 4.74 Å². The standard InChI is InChI=1S/C14H29N3O3S.HI/c1-4-14(6-5-7-14)12-17-13(15-2)16-8-9-20-10-11-21(3,18)19;/h4-12H2,1-3H3,(H2,15,16,17);1H. The van der Waals surface area contributed by atoms with Crippen LogP contribution in [0.5, 0.6) is 0 Å². The Hall–Kier alpha value is -0.0900. The molecule has 0 aromatic heterocycles. The van der Waals surface area contributed by atoms with Gasteiger partial charge >= 0.3 is 0 Å². The summed E-state index contributed by atoms with van der Waals surface area (Å²) >= 11 is 0. The number of aliphatic imine (C=N–C) groups is 1. The Morgan fingerprint density at radius 2 is 1.95 bits per heavy atom. The molecule has 8 heteroatoms. The SMILES string of the molecule is CCC1(CNC(=NC)NCCOCCS(C)(=O)=O)CCC1.I. The summed E-state index contributed by atoms with van der Waals surface area (Å²) in [4.78, 5) is 4.18. The zero-order valence-electron chi connectivity index (χ0n) is 13.9. The van der Waals surface area contributed by atoms with Crippen molar-refractivity contribution in [2.45, 2.75) is 32.6 Å². The van der Waals surface area contributed by atoms with Crippen LogP contribution in [0, 0.1) is 5.41 Å². The lowest BCUT2D eigenvalue weighted by atomic mass is 9.67. The van der Waals surface area contributed by atoms with Gasteiger partial charge in [0.1, 0.15) is 9.84 Å². The van der Waals surface area contributed by atoms with Crippen LogP contribution in [0.3, 0.4) is 0 Å².